The Morgan fingerprint density at radius 2 is 1.44 bits per heavy atom. The average molecular weight is 355 g/mol. The Kier molecular flexibility index (Phi) is 3.96. The van der Waals surface area contributed by atoms with Gasteiger partial charge in [-0.1, -0.05) is 60.7 Å². The van der Waals surface area contributed by atoms with Crippen LogP contribution in [-0.4, -0.2) is 21.9 Å². The Bertz CT molecular complexity index is 1120. The first-order chi connectivity index (χ1) is 13.0. The molecule has 2 aromatic carbocycles. The maximum Gasteiger partial charge on any atom is 0.203 e. The molecule has 0 radical (unpaired) electrons. The van der Waals surface area contributed by atoms with Gasteiger partial charge in [0.2, 0.25) is 5.78 Å². The van der Waals surface area contributed by atoms with Gasteiger partial charge in [-0.25, -0.2) is 0 Å². The van der Waals surface area contributed by atoms with E-state index in [1.54, 1.807) is 42.8 Å². The van der Waals surface area contributed by atoms with Gasteiger partial charge >= 0.3 is 0 Å². The van der Waals surface area contributed by atoms with Gasteiger partial charge < -0.3 is 4.57 Å². The number of hydrogen-bond acceptors (Lipinski definition) is 3. The van der Waals surface area contributed by atoms with Gasteiger partial charge in [-0.3, -0.25) is 14.4 Å². The highest BCUT2D eigenvalue weighted by molar-refractivity contribution is 6.30. The number of hydrogen-bond donors (Lipinski definition) is 0. The molecule has 4 nitrogen and oxygen atoms in total. The van der Waals surface area contributed by atoms with E-state index in [9.17, 15) is 14.4 Å². The molecule has 0 saturated carbocycles. The van der Waals surface area contributed by atoms with Crippen molar-refractivity contribution in [1.82, 2.24) is 4.57 Å². The fraction of sp³-hybridized carbons (Fsp3) is 0.0870. The van der Waals surface area contributed by atoms with Gasteiger partial charge in [0, 0.05) is 18.2 Å². The zero-order valence-corrected chi connectivity index (χ0v) is 15.0. The summed E-state index contributed by atoms with van der Waals surface area (Å²) in [5, 5.41) is 0. The third-order valence-electron chi connectivity index (χ3n) is 4.87. The molecule has 0 fully saturated rings. The monoisotopic (exact) mass is 355 g/mol. The minimum absolute atomic E-state index is 0.204. The van der Waals surface area contributed by atoms with E-state index in [2.05, 4.69) is 0 Å². The lowest BCUT2D eigenvalue weighted by Crippen LogP contribution is -2.19. The lowest BCUT2D eigenvalue weighted by Gasteiger charge is -2.11. The number of carbonyl (C=O) groups is 3. The highest BCUT2D eigenvalue weighted by Crippen LogP contribution is 2.36. The lowest BCUT2D eigenvalue weighted by molar-refractivity contribution is 0.0974. The van der Waals surface area contributed by atoms with Crippen LogP contribution in [0.15, 0.2) is 72.3 Å². The van der Waals surface area contributed by atoms with Crippen molar-refractivity contribution in [2.45, 2.75) is 6.92 Å². The molecule has 27 heavy (non-hydrogen) atoms. The molecule has 0 saturated heterocycles. The zero-order chi connectivity index (χ0) is 19.1. The first-order valence-electron chi connectivity index (χ1n) is 8.66. The molecule has 4 rings (SSSR count). The van der Waals surface area contributed by atoms with Gasteiger partial charge in [0.25, 0.3) is 0 Å². The molecule has 0 spiro atoms. The average Bonchev–Trinajstić information content (AvgIpc) is 3.00. The number of rotatable bonds is 3. The second-order valence-corrected chi connectivity index (χ2v) is 6.59. The first-order valence-corrected chi connectivity index (χ1v) is 8.66. The number of Topliss-reactive ketones (excluding diaryl/α,β-unsaturated/α-hetero) is 1. The molecule has 0 atom stereocenters. The predicted octanol–water partition coefficient (Wildman–Crippen LogP) is 4.25. The van der Waals surface area contributed by atoms with E-state index in [0.717, 1.165) is 5.56 Å². The molecule has 132 valence electrons. The molecule has 4 heteroatoms. The molecule has 0 unspecified atom stereocenters. The van der Waals surface area contributed by atoms with Crippen LogP contribution >= 0.6 is 0 Å². The summed E-state index contributed by atoms with van der Waals surface area (Å²) in [5.74, 6) is -0.794. The number of fused-ring (bicyclic) bond motifs is 1. The number of benzene rings is 2. The van der Waals surface area contributed by atoms with Crippen molar-refractivity contribution in [2.24, 2.45) is 7.05 Å². The topological polar surface area (TPSA) is 56.1 Å². The molecule has 0 amide bonds. The normalized spacial score (nSPS) is 13.3. The van der Waals surface area contributed by atoms with Gasteiger partial charge in [0.1, 0.15) is 5.69 Å². The van der Waals surface area contributed by atoms with Gasteiger partial charge in [-0.15, -0.1) is 0 Å². The zero-order valence-electron chi connectivity index (χ0n) is 15.0. The molecule has 0 aliphatic heterocycles. The minimum Gasteiger partial charge on any atom is -0.340 e. The smallest absolute Gasteiger partial charge is 0.203 e. The highest BCUT2D eigenvalue weighted by Gasteiger charge is 2.36. The third-order valence-corrected chi connectivity index (χ3v) is 4.87. The molecule has 0 bridgehead atoms. The Morgan fingerprint density at radius 3 is 2.07 bits per heavy atom. The molecule has 1 heterocycles. The van der Waals surface area contributed by atoms with Crippen LogP contribution in [0.2, 0.25) is 0 Å². The van der Waals surface area contributed by atoms with E-state index >= 15 is 0 Å². The van der Waals surface area contributed by atoms with Crippen LogP contribution in [0.1, 0.15) is 43.7 Å². The molecule has 0 N–H and O–H groups in total. The summed E-state index contributed by atoms with van der Waals surface area (Å²) in [7, 11) is 1.72. The van der Waals surface area contributed by atoms with Crippen LogP contribution in [0, 0.1) is 0 Å². The van der Waals surface area contributed by atoms with E-state index in [1.165, 1.54) is 6.08 Å². The summed E-state index contributed by atoms with van der Waals surface area (Å²) in [6, 6.07) is 18.2. The van der Waals surface area contributed by atoms with Crippen molar-refractivity contribution in [3.63, 3.8) is 0 Å². The number of aromatic nitrogens is 1. The Labute approximate surface area is 156 Å². The summed E-state index contributed by atoms with van der Waals surface area (Å²) in [6.45, 7) is 1.61. The van der Waals surface area contributed by atoms with E-state index < -0.39 is 0 Å². The van der Waals surface area contributed by atoms with Crippen molar-refractivity contribution < 1.29 is 14.4 Å². The summed E-state index contributed by atoms with van der Waals surface area (Å²) < 4.78 is 1.67. The van der Waals surface area contributed by atoms with Gasteiger partial charge in [-0.05, 0) is 18.6 Å². The van der Waals surface area contributed by atoms with Crippen LogP contribution in [0.25, 0.3) is 11.3 Å². The predicted molar refractivity (Wildman–Crippen MR) is 103 cm³/mol. The summed E-state index contributed by atoms with van der Waals surface area (Å²) in [4.78, 5) is 39.0. The molecule has 1 aliphatic carbocycles. The van der Waals surface area contributed by atoms with Crippen LogP contribution in [-0.2, 0) is 7.05 Å². The van der Waals surface area contributed by atoms with Gasteiger partial charge in [0.05, 0.1) is 16.8 Å². The largest absolute Gasteiger partial charge is 0.340 e. The van der Waals surface area contributed by atoms with Crippen molar-refractivity contribution in [1.29, 1.82) is 0 Å². The molecule has 3 aromatic rings. The van der Waals surface area contributed by atoms with E-state index in [0.29, 0.717) is 16.8 Å². The van der Waals surface area contributed by atoms with Gasteiger partial charge in [-0.2, -0.15) is 0 Å². The molecule has 1 aliphatic rings. The maximum atomic E-state index is 13.4. The van der Waals surface area contributed by atoms with Crippen LogP contribution < -0.4 is 0 Å². The van der Waals surface area contributed by atoms with Gasteiger partial charge in [0.15, 0.2) is 11.6 Å². The fourth-order valence-corrected chi connectivity index (χ4v) is 3.61. The second kappa shape index (κ2) is 6.32. The number of nitrogens with zero attached hydrogens (tertiary/aromatic N) is 1. The Hall–Kier alpha value is -3.53. The maximum absolute atomic E-state index is 13.4. The van der Waals surface area contributed by atoms with E-state index in [-0.39, 0.29) is 34.2 Å². The molecule has 1 aromatic heterocycles. The Morgan fingerprint density at radius 1 is 0.852 bits per heavy atom. The minimum atomic E-state index is -0.276. The molecular formula is C23H17NO3. The van der Waals surface area contributed by atoms with E-state index in [4.69, 9.17) is 0 Å². The summed E-state index contributed by atoms with van der Waals surface area (Å²) in [6.07, 6.45) is 1.34. The molecular weight excluding hydrogens is 338 g/mol. The highest BCUT2D eigenvalue weighted by atomic mass is 16.1. The van der Waals surface area contributed by atoms with Crippen molar-refractivity contribution in [3.05, 3.63) is 94.7 Å². The number of allylic oxidation sites excluding steroid dienone is 2. The fourth-order valence-electron chi connectivity index (χ4n) is 3.61. The van der Waals surface area contributed by atoms with Crippen molar-refractivity contribution in [2.75, 3.05) is 0 Å². The summed E-state index contributed by atoms with van der Waals surface area (Å²) in [5.41, 5.74) is 2.95. The SMILES string of the molecule is CC1=CC(=O)c2c(c(C(=O)c3ccccc3)c(-c3ccccc3)n2C)C1=O. The van der Waals surface area contributed by atoms with E-state index in [1.807, 2.05) is 36.4 Å². The third kappa shape index (κ3) is 2.57. The van der Waals surface area contributed by atoms with Crippen molar-refractivity contribution in [3.8, 4) is 11.3 Å². The summed E-state index contributed by atoms with van der Waals surface area (Å²) >= 11 is 0. The van der Waals surface area contributed by atoms with Crippen LogP contribution in [0.4, 0.5) is 0 Å². The number of ketones is 3. The van der Waals surface area contributed by atoms with Crippen LogP contribution in [0.5, 0.6) is 0 Å². The standard InChI is InChI=1S/C23H17NO3/c1-14-13-17(25)21-19(22(14)26)18(23(27)16-11-7-4-8-12-16)20(24(21)2)15-9-5-3-6-10-15/h3-13H,1-2H3. The Balaban J connectivity index is 2.08. The van der Waals surface area contributed by atoms with Crippen molar-refractivity contribution >= 4 is 17.3 Å². The first kappa shape index (κ1) is 16.9. The number of carbonyl (C=O) groups excluding carboxylic acids is 3. The quantitative estimate of drug-likeness (QED) is 0.660. The lowest BCUT2D eigenvalue weighted by atomic mass is 9.88. The van der Waals surface area contributed by atoms with Crippen LogP contribution in [0.3, 0.4) is 0 Å². The second-order valence-electron chi connectivity index (χ2n) is 6.59.